The molecule has 0 spiro atoms. The third kappa shape index (κ3) is 4.98. The Kier molecular flexibility index (Phi) is 6.18. The molecule has 0 unspecified atom stereocenters. The number of nitrogens with zero attached hydrogens (tertiary/aromatic N) is 4. The SMILES string of the molecule is CC(C)CCC[C@H](C)NC(N)=NCc1nnc2n1CCOC2. The molecule has 0 saturated carbocycles. The Labute approximate surface area is 132 Å². The molecule has 2 heterocycles. The van der Waals surface area contributed by atoms with E-state index in [0.29, 0.717) is 31.8 Å². The molecule has 0 bridgehead atoms. The fourth-order valence-electron chi connectivity index (χ4n) is 2.53. The van der Waals surface area contributed by atoms with Gasteiger partial charge < -0.3 is 20.4 Å². The molecule has 7 nitrogen and oxygen atoms in total. The van der Waals surface area contributed by atoms with Gasteiger partial charge in [-0.1, -0.05) is 26.7 Å². The highest BCUT2D eigenvalue weighted by atomic mass is 16.5. The maximum atomic E-state index is 5.96. The van der Waals surface area contributed by atoms with E-state index < -0.39 is 0 Å². The van der Waals surface area contributed by atoms with Gasteiger partial charge in [-0.2, -0.15) is 0 Å². The van der Waals surface area contributed by atoms with E-state index >= 15 is 0 Å². The van der Waals surface area contributed by atoms with Crippen LogP contribution >= 0.6 is 0 Å². The molecule has 1 aromatic heterocycles. The highest BCUT2D eigenvalue weighted by Gasteiger charge is 2.15. The highest BCUT2D eigenvalue weighted by molar-refractivity contribution is 5.78. The fourth-order valence-corrected chi connectivity index (χ4v) is 2.53. The number of ether oxygens (including phenoxy) is 1. The van der Waals surface area contributed by atoms with Crippen molar-refractivity contribution in [1.29, 1.82) is 0 Å². The van der Waals surface area contributed by atoms with Crippen LogP contribution in [-0.2, 0) is 24.4 Å². The van der Waals surface area contributed by atoms with E-state index in [0.717, 1.165) is 30.5 Å². The summed E-state index contributed by atoms with van der Waals surface area (Å²) in [6, 6.07) is 0.336. The Morgan fingerprint density at radius 1 is 1.36 bits per heavy atom. The van der Waals surface area contributed by atoms with Gasteiger partial charge in [-0.3, -0.25) is 0 Å². The van der Waals surface area contributed by atoms with Crippen LogP contribution in [0, 0.1) is 5.92 Å². The lowest BCUT2D eigenvalue weighted by atomic mass is 10.0. The van der Waals surface area contributed by atoms with Crippen LogP contribution in [-0.4, -0.2) is 33.4 Å². The number of guanidine groups is 1. The van der Waals surface area contributed by atoms with Crippen LogP contribution in [0.15, 0.2) is 4.99 Å². The summed E-state index contributed by atoms with van der Waals surface area (Å²) in [5.41, 5.74) is 5.96. The van der Waals surface area contributed by atoms with Crippen molar-refractivity contribution in [2.24, 2.45) is 16.6 Å². The van der Waals surface area contributed by atoms with Gasteiger partial charge in [0.1, 0.15) is 13.2 Å². The van der Waals surface area contributed by atoms with E-state index in [4.69, 9.17) is 10.5 Å². The number of aromatic nitrogens is 3. The van der Waals surface area contributed by atoms with Crippen molar-refractivity contribution in [2.45, 2.75) is 65.8 Å². The van der Waals surface area contributed by atoms with Gasteiger partial charge >= 0.3 is 0 Å². The summed E-state index contributed by atoms with van der Waals surface area (Å²) < 4.78 is 7.41. The molecule has 1 atom stereocenters. The third-order valence-electron chi connectivity index (χ3n) is 3.80. The van der Waals surface area contributed by atoms with Crippen LogP contribution < -0.4 is 11.1 Å². The molecule has 1 aromatic rings. The van der Waals surface area contributed by atoms with Crippen molar-refractivity contribution in [1.82, 2.24) is 20.1 Å². The minimum Gasteiger partial charge on any atom is -0.372 e. The van der Waals surface area contributed by atoms with E-state index in [9.17, 15) is 0 Å². The quantitative estimate of drug-likeness (QED) is 0.587. The lowest BCUT2D eigenvalue weighted by Gasteiger charge is -2.16. The van der Waals surface area contributed by atoms with Crippen molar-refractivity contribution < 1.29 is 4.74 Å². The molecule has 1 aliphatic heterocycles. The zero-order valence-electron chi connectivity index (χ0n) is 13.9. The average molecular weight is 308 g/mol. The highest BCUT2D eigenvalue weighted by Crippen LogP contribution is 2.10. The summed E-state index contributed by atoms with van der Waals surface area (Å²) in [6.07, 6.45) is 3.56. The first-order chi connectivity index (χ1) is 10.6. The molecule has 0 aromatic carbocycles. The van der Waals surface area contributed by atoms with E-state index in [1.54, 1.807) is 0 Å². The van der Waals surface area contributed by atoms with Crippen molar-refractivity contribution in [2.75, 3.05) is 6.61 Å². The number of nitrogens with two attached hydrogens (primary N) is 1. The van der Waals surface area contributed by atoms with Crippen LogP contribution in [0.1, 0.15) is 51.7 Å². The topological polar surface area (TPSA) is 90.4 Å². The van der Waals surface area contributed by atoms with Crippen molar-refractivity contribution >= 4 is 5.96 Å². The van der Waals surface area contributed by atoms with Gasteiger partial charge in [0.25, 0.3) is 0 Å². The molecular formula is C15H28N6O. The summed E-state index contributed by atoms with van der Waals surface area (Å²) in [4.78, 5) is 4.38. The Hall–Kier alpha value is -1.63. The predicted octanol–water partition coefficient (Wildman–Crippen LogP) is 1.43. The van der Waals surface area contributed by atoms with Crippen LogP contribution in [0.25, 0.3) is 0 Å². The van der Waals surface area contributed by atoms with Gasteiger partial charge in [-0.05, 0) is 19.3 Å². The summed E-state index contributed by atoms with van der Waals surface area (Å²) in [6.45, 7) is 9.09. The first kappa shape index (κ1) is 16.7. The van der Waals surface area contributed by atoms with Crippen LogP contribution in [0.4, 0.5) is 0 Å². The molecule has 0 amide bonds. The van der Waals surface area contributed by atoms with E-state index in [2.05, 4.69) is 45.8 Å². The van der Waals surface area contributed by atoms with Crippen molar-refractivity contribution in [3.63, 3.8) is 0 Å². The summed E-state index contributed by atoms with van der Waals surface area (Å²) >= 11 is 0. The Morgan fingerprint density at radius 2 is 2.18 bits per heavy atom. The first-order valence-electron chi connectivity index (χ1n) is 8.11. The number of rotatable bonds is 7. The lowest BCUT2D eigenvalue weighted by molar-refractivity contribution is 0.0806. The molecule has 0 radical (unpaired) electrons. The molecule has 2 rings (SSSR count). The average Bonchev–Trinajstić information content (AvgIpc) is 2.88. The summed E-state index contributed by atoms with van der Waals surface area (Å²) in [5.74, 6) is 2.93. The minimum atomic E-state index is 0.336. The second kappa shape index (κ2) is 8.12. The molecule has 0 aliphatic carbocycles. The molecule has 3 N–H and O–H groups in total. The smallest absolute Gasteiger partial charge is 0.189 e. The minimum absolute atomic E-state index is 0.336. The molecular weight excluding hydrogens is 280 g/mol. The molecule has 124 valence electrons. The second-order valence-corrected chi connectivity index (χ2v) is 6.31. The first-order valence-corrected chi connectivity index (χ1v) is 8.11. The number of hydrogen-bond acceptors (Lipinski definition) is 4. The molecule has 0 fully saturated rings. The summed E-state index contributed by atoms with van der Waals surface area (Å²) in [7, 11) is 0. The maximum absolute atomic E-state index is 5.96. The normalized spacial score (nSPS) is 16.6. The van der Waals surface area contributed by atoms with Gasteiger partial charge in [0, 0.05) is 12.6 Å². The van der Waals surface area contributed by atoms with Gasteiger partial charge in [-0.15, -0.1) is 10.2 Å². The largest absolute Gasteiger partial charge is 0.372 e. The Morgan fingerprint density at radius 3 is 2.95 bits per heavy atom. The number of nitrogens with one attached hydrogen (secondary N) is 1. The third-order valence-corrected chi connectivity index (χ3v) is 3.80. The predicted molar refractivity (Wildman–Crippen MR) is 86.3 cm³/mol. The summed E-state index contributed by atoms with van der Waals surface area (Å²) in [5, 5.41) is 11.5. The second-order valence-electron chi connectivity index (χ2n) is 6.31. The van der Waals surface area contributed by atoms with Crippen LogP contribution in [0.3, 0.4) is 0 Å². The van der Waals surface area contributed by atoms with Gasteiger partial charge in [0.2, 0.25) is 0 Å². The monoisotopic (exact) mass is 308 g/mol. The van der Waals surface area contributed by atoms with Gasteiger partial charge in [0.05, 0.1) is 6.61 Å². The Bertz CT molecular complexity index is 496. The van der Waals surface area contributed by atoms with Crippen molar-refractivity contribution in [3.8, 4) is 0 Å². The number of aliphatic imine (C=N–C) groups is 1. The number of fused-ring (bicyclic) bond motifs is 1. The van der Waals surface area contributed by atoms with Gasteiger partial charge in [0.15, 0.2) is 17.6 Å². The number of hydrogen-bond donors (Lipinski definition) is 2. The molecule has 0 saturated heterocycles. The van der Waals surface area contributed by atoms with Gasteiger partial charge in [-0.25, -0.2) is 4.99 Å². The van der Waals surface area contributed by atoms with E-state index in [-0.39, 0.29) is 0 Å². The molecule has 1 aliphatic rings. The van der Waals surface area contributed by atoms with Crippen molar-refractivity contribution in [3.05, 3.63) is 11.6 Å². The molecule has 22 heavy (non-hydrogen) atoms. The van der Waals surface area contributed by atoms with Crippen LogP contribution in [0.5, 0.6) is 0 Å². The Balaban J connectivity index is 1.78. The zero-order chi connectivity index (χ0) is 15.9. The standard InChI is InChI=1S/C15H28N6O/c1-11(2)5-4-6-12(3)18-15(16)17-9-13-19-20-14-10-22-8-7-21(13)14/h11-12H,4-10H2,1-3H3,(H3,16,17,18)/t12-/m0/s1. The van der Waals surface area contributed by atoms with E-state index in [1.165, 1.54) is 12.8 Å². The fraction of sp³-hybridized carbons (Fsp3) is 0.800. The van der Waals surface area contributed by atoms with E-state index in [1.807, 2.05) is 0 Å². The molecule has 7 heteroatoms. The zero-order valence-corrected chi connectivity index (χ0v) is 13.9. The van der Waals surface area contributed by atoms with Crippen LogP contribution in [0.2, 0.25) is 0 Å². The maximum Gasteiger partial charge on any atom is 0.189 e. The lowest BCUT2D eigenvalue weighted by Crippen LogP contribution is -2.38.